The molecule has 2 nitrogen and oxygen atoms in total. The second-order valence-electron chi connectivity index (χ2n) is 4.64. The van der Waals surface area contributed by atoms with E-state index in [1.807, 2.05) is 0 Å². The van der Waals surface area contributed by atoms with Crippen molar-refractivity contribution in [3.8, 4) is 0 Å². The average Bonchev–Trinajstić information content (AvgIpc) is 2.88. The number of hydrogen-bond acceptors (Lipinski definition) is 4. The molecule has 0 aliphatic heterocycles. The van der Waals surface area contributed by atoms with Crippen molar-refractivity contribution in [2.45, 2.75) is 32.9 Å². The van der Waals surface area contributed by atoms with E-state index in [2.05, 4.69) is 53.0 Å². The number of thiazole rings is 1. The molecule has 0 fully saturated rings. The Bertz CT molecular complexity index is 446. The zero-order valence-electron chi connectivity index (χ0n) is 10.5. The van der Waals surface area contributed by atoms with E-state index in [0.29, 0.717) is 5.92 Å². The normalized spacial score (nSPS) is 11.6. The van der Waals surface area contributed by atoms with Crippen molar-refractivity contribution in [3.63, 3.8) is 0 Å². The third-order valence-corrected chi connectivity index (χ3v) is 4.45. The molecule has 0 spiro atoms. The molecule has 0 aliphatic carbocycles. The van der Waals surface area contributed by atoms with Crippen molar-refractivity contribution in [2.75, 3.05) is 7.05 Å². The van der Waals surface area contributed by atoms with Crippen molar-refractivity contribution in [2.24, 2.45) is 0 Å². The first kappa shape index (κ1) is 12.7. The van der Waals surface area contributed by atoms with Crippen molar-refractivity contribution in [3.05, 3.63) is 38.5 Å². The Labute approximate surface area is 111 Å². The number of aromatic nitrogens is 1. The van der Waals surface area contributed by atoms with E-state index in [0.717, 1.165) is 13.1 Å². The van der Waals surface area contributed by atoms with Gasteiger partial charge in [0, 0.05) is 24.4 Å². The minimum absolute atomic E-state index is 0.538. The number of hydrogen-bond donors (Lipinski definition) is 0. The van der Waals surface area contributed by atoms with Gasteiger partial charge in [0.05, 0.1) is 10.7 Å². The van der Waals surface area contributed by atoms with Crippen molar-refractivity contribution < 1.29 is 0 Å². The maximum absolute atomic E-state index is 4.66. The Morgan fingerprint density at radius 2 is 2.12 bits per heavy atom. The van der Waals surface area contributed by atoms with Gasteiger partial charge < -0.3 is 0 Å². The average molecular weight is 266 g/mol. The second-order valence-corrected chi connectivity index (χ2v) is 6.31. The first-order valence-corrected chi connectivity index (χ1v) is 7.61. The zero-order valence-corrected chi connectivity index (χ0v) is 12.1. The highest BCUT2D eigenvalue weighted by Crippen LogP contribution is 2.20. The molecule has 0 atom stereocenters. The maximum Gasteiger partial charge on any atom is 0.0954 e. The van der Waals surface area contributed by atoms with E-state index >= 15 is 0 Å². The zero-order chi connectivity index (χ0) is 12.3. The Hall–Kier alpha value is -0.710. The van der Waals surface area contributed by atoms with Crippen LogP contribution in [0.3, 0.4) is 0 Å². The molecule has 0 amide bonds. The molecule has 2 heterocycles. The highest BCUT2D eigenvalue weighted by atomic mass is 32.1. The van der Waals surface area contributed by atoms with Crippen molar-refractivity contribution in [1.29, 1.82) is 0 Å². The Balaban J connectivity index is 1.91. The van der Waals surface area contributed by atoms with Gasteiger partial charge in [0.15, 0.2) is 0 Å². The highest BCUT2D eigenvalue weighted by Gasteiger charge is 2.08. The van der Waals surface area contributed by atoms with Crippen LogP contribution in [0.4, 0.5) is 0 Å². The smallest absolute Gasteiger partial charge is 0.0954 e. The standard InChI is InChI=1S/C13H18N2S2/c1-10(2)13-14-12(9-17-13)7-15(3)6-11-4-5-16-8-11/h4-5,8-10H,6-7H2,1-3H3. The molecule has 4 heteroatoms. The molecular weight excluding hydrogens is 248 g/mol. The SMILES string of the molecule is CC(C)c1nc(CN(C)Cc2ccsc2)cs1. The van der Waals surface area contributed by atoms with E-state index in [9.17, 15) is 0 Å². The van der Waals surface area contributed by atoms with Gasteiger partial charge in [0.25, 0.3) is 0 Å². The lowest BCUT2D eigenvalue weighted by atomic mass is 10.2. The minimum Gasteiger partial charge on any atom is -0.296 e. The lowest BCUT2D eigenvalue weighted by Gasteiger charge is -2.14. The van der Waals surface area contributed by atoms with Crippen molar-refractivity contribution >= 4 is 22.7 Å². The topological polar surface area (TPSA) is 16.1 Å². The third kappa shape index (κ3) is 3.63. The van der Waals surface area contributed by atoms with Gasteiger partial charge in [-0.3, -0.25) is 4.90 Å². The fraction of sp³-hybridized carbons (Fsp3) is 0.462. The molecule has 0 N–H and O–H groups in total. The Morgan fingerprint density at radius 1 is 1.29 bits per heavy atom. The van der Waals surface area contributed by atoms with Gasteiger partial charge in [-0.2, -0.15) is 11.3 Å². The van der Waals surface area contributed by atoms with Gasteiger partial charge in [0.2, 0.25) is 0 Å². The second kappa shape index (κ2) is 5.76. The van der Waals surface area contributed by atoms with E-state index in [-0.39, 0.29) is 0 Å². The predicted molar refractivity (Wildman–Crippen MR) is 75.7 cm³/mol. The van der Waals surface area contributed by atoms with Gasteiger partial charge in [-0.05, 0) is 29.4 Å². The molecule has 0 aromatic carbocycles. The van der Waals surface area contributed by atoms with Crippen molar-refractivity contribution in [1.82, 2.24) is 9.88 Å². The first-order chi connectivity index (χ1) is 8.15. The molecule has 2 aromatic rings. The molecule has 0 saturated heterocycles. The predicted octanol–water partition coefficient (Wildman–Crippen LogP) is 3.96. The summed E-state index contributed by atoms with van der Waals surface area (Å²) in [5.74, 6) is 0.538. The molecule has 0 aliphatic rings. The monoisotopic (exact) mass is 266 g/mol. The van der Waals surface area contributed by atoms with Gasteiger partial charge in [0.1, 0.15) is 0 Å². The van der Waals surface area contributed by atoms with Crippen LogP contribution in [0.5, 0.6) is 0 Å². The lowest BCUT2D eigenvalue weighted by molar-refractivity contribution is 0.316. The number of nitrogens with zero attached hydrogens (tertiary/aromatic N) is 2. The van der Waals surface area contributed by atoms with Gasteiger partial charge in [-0.1, -0.05) is 13.8 Å². The summed E-state index contributed by atoms with van der Waals surface area (Å²) in [5.41, 5.74) is 2.58. The van der Waals surface area contributed by atoms with Crippen LogP contribution < -0.4 is 0 Å². The fourth-order valence-electron chi connectivity index (χ4n) is 1.69. The first-order valence-electron chi connectivity index (χ1n) is 5.79. The number of thiophene rings is 1. The molecule has 0 unspecified atom stereocenters. The molecule has 0 radical (unpaired) electrons. The molecular formula is C13H18N2S2. The minimum atomic E-state index is 0.538. The summed E-state index contributed by atoms with van der Waals surface area (Å²) < 4.78 is 0. The van der Waals surface area contributed by atoms with Crippen LogP contribution in [-0.2, 0) is 13.1 Å². The largest absolute Gasteiger partial charge is 0.296 e. The van der Waals surface area contributed by atoms with Gasteiger partial charge in [-0.25, -0.2) is 4.98 Å². The Kier molecular flexibility index (Phi) is 4.31. The van der Waals surface area contributed by atoms with Crippen LogP contribution in [0, 0.1) is 0 Å². The summed E-state index contributed by atoms with van der Waals surface area (Å²) in [5, 5.41) is 7.75. The van der Waals surface area contributed by atoms with Gasteiger partial charge in [-0.15, -0.1) is 11.3 Å². The molecule has 2 aromatic heterocycles. The van der Waals surface area contributed by atoms with Crippen LogP contribution in [0.2, 0.25) is 0 Å². The summed E-state index contributed by atoms with van der Waals surface area (Å²) >= 11 is 3.53. The maximum atomic E-state index is 4.66. The fourth-order valence-corrected chi connectivity index (χ4v) is 3.17. The quantitative estimate of drug-likeness (QED) is 0.814. The van der Waals surface area contributed by atoms with E-state index in [1.165, 1.54) is 16.3 Å². The summed E-state index contributed by atoms with van der Waals surface area (Å²) in [7, 11) is 2.14. The summed E-state index contributed by atoms with van der Waals surface area (Å²) in [4.78, 5) is 6.97. The lowest BCUT2D eigenvalue weighted by Crippen LogP contribution is -2.17. The molecule has 17 heavy (non-hydrogen) atoms. The number of rotatable bonds is 5. The molecule has 0 bridgehead atoms. The van der Waals surface area contributed by atoms with Crippen LogP contribution in [-0.4, -0.2) is 16.9 Å². The molecule has 0 saturated carbocycles. The van der Waals surface area contributed by atoms with E-state index in [4.69, 9.17) is 0 Å². The summed E-state index contributed by atoms with van der Waals surface area (Å²) in [6.07, 6.45) is 0. The molecule has 2 rings (SSSR count). The summed E-state index contributed by atoms with van der Waals surface area (Å²) in [6, 6.07) is 2.18. The van der Waals surface area contributed by atoms with E-state index in [1.54, 1.807) is 22.7 Å². The van der Waals surface area contributed by atoms with Crippen LogP contribution >= 0.6 is 22.7 Å². The summed E-state index contributed by atoms with van der Waals surface area (Å²) in [6.45, 7) is 6.31. The molecule has 92 valence electrons. The van der Waals surface area contributed by atoms with E-state index < -0.39 is 0 Å². The van der Waals surface area contributed by atoms with Crippen LogP contribution in [0.15, 0.2) is 22.2 Å². The van der Waals surface area contributed by atoms with Crippen LogP contribution in [0.1, 0.15) is 36.0 Å². The van der Waals surface area contributed by atoms with Crippen LogP contribution in [0.25, 0.3) is 0 Å². The Morgan fingerprint density at radius 3 is 2.71 bits per heavy atom. The highest BCUT2D eigenvalue weighted by molar-refractivity contribution is 7.09. The third-order valence-electron chi connectivity index (χ3n) is 2.53. The van der Waals surface area contributed by atoms with Gasteiger partial charge >= 0.3 is 0 Å².